The van der Waals surface area contributed by atoms with Crippen LogP contribution in [-0.2, 0) is 0 Å². The predicted molar refractivity (Wildman–Crippen MR) is 42.4 cm³/mol. The Kier molecular flexibility index (Phi) is 2.65. The molecule has 0 spiro atoms. The molecule has 0 bridgehead atoms. The molecule has 0 heterocycles. The average molecular weight is 235 g/mol. The standard InChI is InChI=1S/C7H4Cl2F4/c8-4-1-2-6(10,5(9)3-4)7(11,12)13/h1,3H,2H2. The van der Waals surface area contributed by atoms with E-state index >= 15 is 0 Å². The summed E-state index contributed by atoms with van der Waals surface area (Å²) in [7, 11) is 0. The third-order valence-electron chi connectivity index (χ3n) is 1.67. The Morgan fingerprint density at radius 2 is 1.85 bits per heavy atom. The highest BCUT2D eigenvalue weighted by Crippen LogP contribution is 2.46. The highest BCUT2D eigenvalue weighted by atomic mass is 35.5. The molecule has 1 rings (SSSR count). The van der Waals surface area contributed by atoms with E-state index in [2.05, 4.69) is 0 Å². The molecule has 0 nitrogen and oxygen atoms in total. The first-order valence-corrected chi connectivity index (χ1v) is 4.02. The SMILES string of the molecule is FC(F)(F)C1(F)CC=C(Cl)C=C1Cl. The topological polar surface area (TPSA) is 0 Å². The van der Waals surface area contributed by atoms with E-state index in [1.165, 1.54) is 0 Å². The van der Waals surface area contributed by atoms with E-state index in [1.807, 2.05) is 0 Å². The third kappa shape index (κ3) is 1.83. The van der Waals surface area contributed by atoms with Gasteiger partial charge in [-0.25, -0.2) is 4.39 Å². The van der Waals surface area contributed by atoms with Gasteiger partial charge in [-0.15, -0.1) is 0 Å². The number of hydrogen-bond donors (Lipinski definition) is 0. The number of rotatable bonds is 0. The first-order chi connectivity index (χ1) is 5.77. The Morgan fingerprint density at radius 1 is 1.31 bits per heavy atom. The van der Waals surface area contributed by atoms with Crippen molar-refractivity contribution in [1.82, 2.24) is 0 Å². The zero-order valence-corrected chi connectivity index (χ0v) is 7.64. The molecule has 0 radical (unpaired) electrons. The van der Waals surface area contributed by atoms with Crippen molar-refractivity contribution in [3.8, 4) is 0 Å². The molecule has 0 aromatic rings. The fraction of sp³-hybridized carbons (Fsp3) is 0.429. The van der Waals surface area contributed by atoms with E-state index in [-0.39, 0.29) is 5.03 Å². The maximum Gasteiger partial charge on any atom is 0.427 e. The zero-order chi connectivity index (χ0) is 10.3. The van der Waals surface area contributed by atoms with Gasteiger partial charge < -0.3 is 0 Å². The smallest absolute Gasteiger partial charge is 0.227 e. The molecule has 0 aromatic carbocycles. The van der Waals surface area contributed by atoms with Crippen molar-refractivity contribution in [1.29, 1.82) is 0 Å². The van der Waals surface area contributed by atoms with Crippen LogP contribution in [0, 0.1) is 0 Å². The molecule has 1 aliphatic carbocycles. The molecule has 1 atom stereocenters. The van der Waals surface area contributed by atoms with Crippen LogP contribution in [-0.4, -0.2) is 11.8 Å². The summed E-state index contributed by atoms with van der Waals surface area (Å²) in [5, 5.41) is -0.907. The van der Waals surface area contributed by atoms with E-state index in [1.54, 1.807) is 0 Å². The maximum atomic E-state index is 13.2. The van der Waals surface area contributed by atoms with Gasteiger partial charge in [0.15, 0.2) is 0 Å². The van der Waals surface area contributed by atoms with Gasteiger partial charge in [-0.1, -0.05) is 29.3 Å². The second-order valence-electron chi connectivity index (χ2n) is 2.58. The molecule has 6 heteroatoms. The van der Waals surface area contributed by atoms with E-state index in [0.29, 0.717) is 0 Å². The van der Waals surface area contributed by atoms with Crippen molar-refractivity contribution in [2.24, 2.45) is 0 Å². The third-order valence-corrected chi connectivity index (χ3v) is 2.34. The highest BCUT2D eigenvalue weighted by Gasteiger charge is 2.58. The molecular weight excluding hydrogens is 231 g/mol. The van der Waals surface area contributed by atoms with Gasteiger partial charge in [0.2, 0.25) is 5.67 Å². The van der Waals surface area contributed by atoms with Crippen LogP contribution < -0.4 is 0 Å². The van der Waals surface area contributed by atoms with Crippen LogP contribution in [0.25, 0.3) is 0 Å². The number of allylic oxidation sites excluding steroid dienone is 4. The van der Waals surface area contributed by atoms with Crippen molar-refractivity contribution in [2.45, 2.75) is 18.3 Å². The van der Waals surface area contributed by atoms with Crippen LogP contribution in [0.5, 0.6) is 0 Å². The van der Waals surface area contributed by atoms with Crippen LogP contribution in [0.2, 0.25) is 0 Å². The molecular formula is C7H4Cl2F4. The van der Waals surface area contributed by atoms with Crippen LogP contribution in [0.3, 0.4) is 0 Å². The van der Waals surface area contributed by atoms with E-state index < -0.39 is 23.3 Å². The molecule has 1 unspecified atom stereocenters. The van der Waals surface area contributed by atoms with Crippen molar-refractivity contribution in [3.05, 3.63) is 22.2 Å². The Morgan fingerprint density at radius 3 is 2.23 bits per heavy atom. The number of halogens is 6. The van der Waals surface area contributed by atoms with Gasteiger partial charge in [-0.3, -0.25) is 0 Å². The summed E-state index contributed by atoms with van der Waals surface area (Å²) < 4.78 is 49.6. The largest absolute Gasteiger partial charge is 0.427 e. The summed E-state index contributed by atoms with van der Waals surface area (Å²) in [6, 6.07) is 0. The Hall–Kier alpha value is -0.220. The summed E-state index contributed by atoms with van der Waals surface area (Å²) in [5.74, 6) is 0. The Labute approximate surface area is 81.8 Å². The molecule has 0 amide bonds. The molecule has 1 aliphatic rings. The van der Waals surface area contributed by atoms with Crippen molar-refractivity contribution >= 4 is 23.2 Å². The van der Waals surface area contributed by atoms with E-state index in [0.717, 1.165) is 12.2 Å². The summed E-state index contributed by atoms with van der Waals surface area (Å²) in [5.41, 5.74) is -3.48. The first-order valence-electron chi connectivity index (χ1n) is 3.26. The second-order valence-corrected chi connectivity index (χ2v) is 3.43. The quantitative estimate of drug-likeness (QED) is 0.558. The molecule has 0 N–H and O–H groups in total. The van der Waals surface area contributed by atoms with Gasteiger partial charge in [0.05, 0.1) is 5.03 Å². The van der Waals surface area contributed by atoms with E-state index in [9.17, 15) is 17.6 Å². The van der Waals surface area contributed by atoms with E-state index in [4.69, 9.17) is 23.2 Å². The molecule has 13 heavy (non-hydrogen) atoms. The highest BCUT2D eigenvalue weighted by molar-refractivity contribution is 6.35. The number of hydrogen-bond acceptors (Lipinski definition) is 0. The van der Waals surface area contributed by atoms with Gasteiger partial charge >= 0.3 is 6.18 Å². The molecule has 74 valence electrons. The minimum Gasteiger partial charge on any atom is -0.227 e. The van der Waals surface area contributed by atoms with Crippen LogP contribution in [0.4, 0.5) is 17.6 Å². The summed E-state index contributed by atoms with van der Waals surface area (Å²) in [4.78, 5) is 0. The summed E-state index contributed by atoms with van der Waals surface area (Å²) in [6.45, 7) is 0. The van der Waals surface area contributed by atoms with Gasteiger partial charge in [-0.2, -0.15) is 13.2 Å². The Bertz CT molecular complexity index is 279. The van der Waals surface area contributed by atoms with Crippen molar-refractivity contribution < 1.29 is 17.6 Å². The molecule has 0 saturated heterocycles. The first kappa shape index (κ1) is 10.9. The summed E-state index contributed by atoms with van der Waals surface area (Å²) >= 11 is 10.5. The molecule has 0 saturated carbocycles. The lowest BCUT2D eigenvalue weighted by Crippen LogP contribution is -2.41. The Balaban J connectivity index is 3.05. The normalized spacial score (nSPS) is 29.7. The fourth-order valence-corrected chi connectivity index (χ4v) is 1.43. The van der Waals surface area contributed by atoms with Crippen molar-refractivity contribution in [3.63, 3.8) is 0 Å². The molecule has 0 aromatic heterocycles. The predicted octanol–water partition coefficient (Wildman–Crippen LogP) is 3.91. The van der Waals surface area contributed by atoms with Crippen molar-refractivity contribution in [2.75, 3.05) is 0 Å². The molecule has 0 fully saturated rings. The average Bonchev–Trinajstić information content (AvgIpc) is 1.95. The zero-order valence-electron chi connectivity index (χ0n) is 6.13. The number of alkyl halides is 4. The van der Waals surface area contributed by atoms with Gasteiger partial charge in [0, 0.05) is 11.5 Å². The lowest BCUT2D eigenvalue weighted by Gasteiger charge is -2.28. The monoisotopic (exact) mass is 234 g/mol. The fourth-order valence-electron chi connectivity index (χ4n) is 0.881. The lowest BCUT2D eigenvalue weighted by atomic mass is 9.96. The maximum absolute atomic E-state index is 13.2. The minimum absolute atomic E-state index is 0.0162. The molecule has 0 aliphatic heterocycles. The summed E-state index contributed by atoms with van der Waals surface area (Å²) in [6.07, 6.45) is -4.17. The van der Waals surface area contributed by atoms with Crippen LogP contribution in [0.15, 0.2) is 22.2 Å². The second kappa shape index (κ2) is 3.17. The van der Waals surface area contributed by atoms with Gasteiger partial charge in [0.25, 0.3) is 0 Å². The van der Waals surface area contributed by atoms with Gasteiger partial charge in [0.1, 0.15) is 0 Å². The van der Waals surface area contributed by atoms with Crippen LogP contribution >= 0.6 is 23.2 Å². The van der Waals surface area contributed by atoms with Gasteiger partial charge in [-0.05, 0) is 6.08 Å². The minimum atomic E-state index is -5.01. The lowest BCUT2D eigenvalue weighted by molar-refractivity contribution is -0.212. The van der Waals surface area contributed by atoms with Crippen LogP contribution in [0.1, 0.15) is 6.42 Å².